The van der Waals surface area contributed by atoms with Crippen LogP contribution in [0, 0.1) is 23.7 Å². The van der Waals surface area contributed by atoms with Gasteiger partial charge in [-0.1, -0.05) is 6.92 Å². The topological polar surface area (TPSA) is 26.3 Å². The summed E-state index contributed by atoms with van der Waals surface area (Å²) in [6.45, 7) is 1.89. The minimum absolute atomic E-state index is 0.00692. The van der Waals surface area contributed by atoms with Gasteiger partial charge < -0.3 is 4.74 Å². The highest BCUT2D eigenvalue weighted by molar-refractivity contribution is 5.69. The van der Waals surface area contributed by atoms with E-state index in [1.165, 1.54) is 32.1 Å². The molecule has 4 aliphatic carbocycles. The summed E-state index contributed by atoms with van der Waals surface area (Å²) < 4.78 is 5.64. The van der Waals surface area contributed by atoms with Crippen molar-refractivity contribution in [2.24, 2.45) is 23.7 Å². The number of rotatable bonds is 2. The molecular formula is C13H20O2. The van der Waals surface area contributed by atoms with Crippen molar-refractivity contribution in [2.45, 2.75) is 51.6 Å². The predicted octanol–water partition coefficient (Wildman–Crippen LogP) is 2.76. The number of esters is 1. The van der Waals surface area contributed by atoms with Gasteiger partial charge in [-0.2, -0.15) is 0 Å². The van der Waals surface area contributed by atoms with Crippen molar-refractivity contribution in [1.29, 1.82) is 0 Å². The first-order valence-electron chi connectivity index (χ1n) is 6.45. The van der Waals surface area contributed by atoms with Gasteiger partial charge in [0.2, 0.25) is 0 Å². The molecule has 4 bridgehead atoms. The van der Waals surface area contributed by atoms with Gasteiger partial charge in [-0.25, -0.2) is 0 Å². The fourth-order valence-electron chi connectivity index (χ4n) is 4.30. The Hall–Kier alpha value is -0.530. The molecule has 0 aromatic rings. The smallest absolute Gasteiger partial charge is 0.305 e. The van der Waals surface area contributed by atoms with Gasteiger partial charge in [0, 0.05) is 6.42 Å². The van der Waals surface area contributed by atoms with E-state index in [2.05, 4.69) is 0 Å². The molecule has 4 fully saturated rings. The van der Waals surface area contributed by atoms with Crippen LogP contribution in [-0.4, -0.2) is 12.1 Å². The van der Waals surface area contributed by atoms with Crippen LogP contribution in [0.15, 0.2) is 0 Å². The molecule has 0 aliphatic heterocycles. The highest BCUT2D eigenvalue weighted by Crippen LogP contribution is 2.54. The molecule has 4 rings (SSSR count). The molecule has 15 heavy (non-hydrogen) atoms. The van der Waals surface area contributed by atoms with Crippen LogP contribution in [0.25, 0.3) is 0 Å². The molecule has 0 N–H and O–H groups in total. The number of carbonyl (C=O) groups excluding carboxylic acids is 1. The normalized spacial score (nSPS) is 46.9. The van der Waals surface area contributed by atoms with Gasteiger partial charge in [0.1, 0.15) is 6.10 Å². The van der Waals surface area contributed by atoms with Gasteiger partial charge in [-0.15, -0.1) is 0 Å². The van der Waals surface area contributed by atoms with Gasteiger partial charge in [0.05, 0.1) is 0 Å². The molecule has 4 saturated carbocycles. The van der Waals surface area contributed by atoms with E-state index in [1.807, 2.05) is 6.92 Å². The summed E-state index contributed by atoms with van der Waals surface area (Å²) in [4.78, 5) is 11.4. The highest BCUT2D eigenvalue weighted by atomic mass is 16.5. The van der Waals surface area contributed by atoms with E-state index in [0.717, 1.165) is 11.8 Å². The van der Waals surface area contributed by atoms with Crippen molar-refractivity contribution in [3.05, 3.63) is 0 Å². The number of carbonyl (C=O) groups is 1. The second kappa shape index (κ2) is 3.50. The van der Waals surface area contributed by atoms with Gasteiger partial charge >= 0.3 is 5.97 Å². The lowest BCUT2D eigenvalue weighted by molar-refractivity contribution is -0.170. The Kier molecular flexibility index (Phi) is 2.26. The van der Waals surface area contributed by atoms with Crippen LogP contribution in [0.1, 0.15) is 45.4 Å². The van der Waals surface area contributed by atoms with Crippen LogP contribution in [-0.2, 0) is 9.53 Å². The Morgan fingerprint density at radius 3 is 2.07 bits per heavy atom. The Bertz CT molecular complexity index is 244. The van der Waals surface area contributed by atoms with Crippen LogP contribution < -0.4 is 0 Å². The Balaban J connectivity index is 1.72. The zero-order valence-electron chi connectivity index (χ0n) is 9.45. The maximum atomic E-state index is 11.4. The van der Waals surface area contributed by atoms with E-state index in [9.17, 15) is 4.79 Å². The lowest BCUT2D eigenvalue weighted by atomic mass is 9.55. The second-order valence-corrected chi connectivity index (χ2v) is 5.74. The summed E-state index contributed by atoms with van der Waals surface area (Å²) in [5.41, 5.74) is 0. The summed E-state index contributed by atoms with van der Waals surface area (Å²) in [5.74, 6) is 3.34. The van der Waals surface area contributed by atoms with Crippen LogP contribution in [0.3, 0.4) is 0 Å². The Morgan fingerprint density at radius 1 is 1.07 bits per heavy atom. The molecule has 0 aromatic heterocycles. The summed E-state index contributed by atoms with van der Waals surface area (Å²) in [6.07, 6.45) is 7.59. The molecule has 84 valence electrons. The van der Waals surface area contributed by atoms with Gasteiger partial charge in [-0.3, -0.25) is 4.79 Å². The molecular weight excluding hydrogens is 188 g/mol. The molecule has 0 unspecified atom stereocenters. The number of hydrogen-bond donors (Lipinski definition) is 0. The van der Waals surface area contributed by atoms with Crippen molar-refractivity contribution in [1.82, 2.24) is 0 Å². The Morgan fingerprint density at radius 2 is 1.60 bits per heavy atom. The molecule has 0 saturated heterocycles. The third-order valence-electron chi connectivity index (χ3n) is 4.70. The maximum Gasteiger partial charge on any atom is 0.305 e. The van der Waals surface area contributed by atoms with Crippen LogP contribution in [0.2, 0.25) is 0 Å². The molecule has 2 nitrogen and oxygen atoms in total. The van der Waals surface area contributed by atoms with Crippen molar-refractivity contribution < 1.29 is 9.53 Å². The van der Waals surface area contributed by atoms with Gasteiger partial charge in [-0.05, 0) is 55.8 Å². The molecule has 2 heteroatoms. The molecule has 0 amide bonds. The summed E-state index contributed by atoms with van der Waals surface area (Å²) in [5, 5.41) is 0. The lowest BCUT2D eigenvalue weighted by Crippen LogP contribution is -2.49. The van der Waals surface area contributed by atoms with Crippen molar-refractivity contribution >= 4 is 5.97 Å². The second-order valence-electron chi connectivity index (χ2n) is 5.74. The van der Waals surface area contributed by atoms with E-state index < -0.39 is 0 Å². The Labute approximate surface area is 91.4 Å². The fourth-order valence-corrected chi connectivity index (χ4v) is 4.30. The van der Waals surface area contributed by atoms with E-state index in [4.69, 9.17) is 4.74 Å². The molecule has 0 spiro atoms. The minimum atomic E-state index is 0.00692. The summed E-state index contributed by atoms with van der Waals surface area (Å²) in [6, 6.07) is 0. The highest BCUT2D eigenvalue weighted by Gasteiger charge is 2.49. The van der Waals surface area contributed by atoms with Gasteiger partial charge in [0.25, 0.3) is 0 Å². The van der Waals surface area contributed by atoms with Crippen LogP contribution in [0.5, 0.6) is 0 Å². The van der Waals surface area contributed by atoms with Gasteiger partial charge in [0.15, 0.2) is 0 Å². The van der Waals surface area contributed by atoms with Crippen molar-refractivity contribution in [3.63, 3.8) is 0 Å². The summed E-state index contributed by atoms with van der Waals surface area (Å²) in [7, 11) is 0. The lowest BCUT2D eigenvalue weighted by Gasteiger charge is -2.53. The SMILES string of the molecule is CCC(=O)OC1C2CC3CC(C2)CC1C3. The zero-order chi connectivity index (χ0) is 10.4. The molecule has 4 aliphatic rings. The predicted molar refractivity (Wildman–Crippen MR) is 57.2 cm³/mol. The third kappa shape index (κ3) is 1.58. The maximum absolute atomic E-state index is 11.4. The molecule has 0 radical (unpaired) electrons. The number of ether oxygens (including phenoxy) is 1. The summed E-state index contributed by atoms with van der Waals surface area (Å²) >= 11 is 0. The molecule has 0 aromatic carbocycles. The molecule has 0 atom stereocenters. The zero-order valence-corrected chi connectivity index (χ0v) is 9.45. The monoisotopic (exact) mass is 208 g/mol. The minimum Gasteiger partial charge on any atom is -0.462 e. The van der Waals surface area contributed by atoms with Crippen LogP contribution >= 0.6 is 0 Å². The fraction of sp³-hybridized carbons (Fsp3) is 0.923. The average Bonchev–Trinajstić information content (AvgIpc) is 2.22. The first-order chi connectivity index (χ1) is 7.26. The van der Waals surface area contributed by atoms with Crippen molar-refractivity contribution in [3.8, 4) is 0 Å². The van der Waals surface area contributed by atoms with E-state index in [1.54, 1.807) is 0 Å². The third-order valence-corrected chi connectivity index (χ3v) is 4.70. The van der Waals surface area contributed by atoms with E-state index in [0.29, 0.717) is 18.3 Å². The number of hydrogen-bond acceptors (Lipinski definition) is 2. The molecule has 0 heterocycles. The largest absolute Gasteiger partial charge is 0.462 e. The quantitative estimate of drug-likeness (QED) is 0.652. The van der Waals surface area contributed by atoms with Crippen molar-refractivity contribution in [2.75, 3.05) is 0 Å². The first kappa shape index (κ1) is 9.68. The van der Waals surface area contributed by atoms with E-state index >= 15 is 0 Å². The average molecular weight is 208 g/mol. The standard InChI is InChI=1S/C13H20O2/c1-2-12(14)15-13-10-4-8-3-9(6-10)7-11(13)5-8/h8-11,13H,2-7H2,1H3. The first-order valence-corrected chi connectivity index (χ1v) is 6.45. The van der Waals surface area contributed by atoms with Crippen LogP contribution in [0.4, 0.5) is 0 Å². The van der Waals surface area contributed by atoms with E-state index in [-0.39, 0.29) is 12.1 Å².